The van der Waals surface area contributed by atoms with Crippen LogP contribution in [0.1, 0.15) is 31.0 Å². The van der Waals surface area contributed by atoms with Gasteiger partial charge in [0.05, 0.1) is 6.54 Å². The van der Waals surface area contributed by atoms with Crippen LogP contribution < -0.4 is 11.4 Å². The zero-order chi connectivity index (χ0) is 14.9. The molecule has 2 aromatic rings. The second kappa shape index (κ2) is 5.81. The second-order valence-electron chi connectivity index (χ2n) is 4.88. The highest BCUT2D eigenvalue weighted by Gasteiger charge is 2.09. The summed E-state index contributed by atoms with van der Waals surface area (Å²) in [7, 11) is 0. The summed E-state index contributed by atoms with van der Waals surface area (Å²) < 4.78 is 3.30. The fourth-order valence-electron chi connectivity index (χ4n) is 1.95. The normalized spacial score (nSPS) is 11.0. The van der Waals surface area contributed by atoms with Gasteiger partial charge in [-0.2, -0.15) is 0 Å². The van der Waals surface area contributed by atoms with Crippen molar-refractivity contribution >= 4 is 28.8 Å². The molecule has 0 aliphatic carbocycles. The maximum Gasteiger partial charge on any atom is 0.328 e. The third-order valence-corrected chi connectivity index (χ3v) is 3.70. The van der Waals surface area contributed by atoms with Crippen LogP contribution in [0.4, 0.5) is 0 Å². The van der Waals surface area contributed by atoms with Crippen molar-refractivity contribution in [1.82, 2.24) is 9.13 Å². The van der Waals surface area contributed by atoms with Gasteiger partial charge in [-0.15, -0.1) is 0 Å². The van der Waals surface area contributed by atoms with Crippen LogP contribution in [0.2, 0.25) is 5.02 Å². The summed E-state index contributed by atoms with van der Waals surface area (Å²) in [6, 6.07) is 5.52. The zero-order valence-corrected chi connectivity index (χ0v) is 12.9. The van der Waals surface area contributed by atoms with Gasteiger partial charge in [-0.1, -0.05) is 36.0 Å². The Morgan fingerprint density at radius 2 is 2.10 bits per heavy atom. The summed E-state index contributed by atoms with van der Waals surface area (Å²) in [5.41, 5.74) is 7.09. The molecule has 2 rings (SSSR count). The number of nitrogens with two attached hydrogens (primary N) is 1. The molecular weight excluding hydrogens is 294 g/mol. The van der Waals surface area contributed by atoms with Crippen LogP contribution in [-0.4, -0.2) is 14.1 Å². The third kappa shape index (κ3) is 2.94. The van der Waals surface area contributed by atoms with Gasteiger partial charge in [-0.25, -0.2) is 4.79 Å². The number of hydrogen-bond acceptors (Lipinski definition) is 2. The van der Waals surface area contributed by atoms with Crippen molar-refractivity contribution in [3.8, 4) is 0 Å². The van der Waals surface area contributed by atoms with Crippen molar-refractivity contribution in [1.29, 1.82) is 0 Å². The van der Waals surface area contributed by atoms with E-state index in [2.05, 4.69) is 0 Å². The second-order valence-corrected chi connectivity index (χ2v) is 5.73. The maximum absolute atomic E-state index is 12.1. The van der Waals surface area contributed by atoms with Crippen LogP contribution in [0.5, 0.6) is 0 Å². The number of benzene rings is 1. The van der Waals surface area contributed by atoms with E-state index >= 15 is 0 Å². The molecule has 6 heteroatoms. The largest absolute Gasteiger partial charge is 0.389 e. The molecule has 20 heavy (non-hydrogen) atoms. The molecule has 0 saturated heterocycles. The van der Waals surface area contributed by atoms with Gasteiger partial charge in [0.15, 0.2) is 0 Å². The van der Waals surface area contributed by atoms with E-state index in [9.17, 15) is 4.79 Å². The smallest absolute Gasteiger partial charge is 0.328 e. The van der Waals surface area contributed by atoms with Crippen molar-refractivity contribution in [2.24, 2.45) is 5.73 Å². The molecule has 0 saturated carbocycles. The Bertz CT molecular complexity index is 703. The molecule has 0 unspecified atom stereocenters. The van der Waals surface area contributed by atoms with E-state index in [4.69, 9.17) is 29.6 Å². The molecule has 4 nitrogen and oxygen atoms in total. The Kier molecular flexibility index (Phi) is 4.30. The quantitative estimate of drug-likeness (QED) is 0.883. The molecule has 0 bridgehead atoms. The number of imidazole rings is 1. The summed E-state index contributed by atoms with van der Waals surface area (Å²) in [5.74, 6) is 0. The van der Waals surface area contributed by atoms with Crippen LogP contribution in [0, 0.1) is 0 Å². The minimum Gasteiger partial charge on any atom is -0.389 e. The van der Waals surface area contributed by atoms with Gasteiger partial charge in [0.2, 0.25) is 0 Å². The monoisotopic (exact) mass is 309 g/mol. The lowest BCUT2D eigenvalue weighted by Gasteiger charge is -2.08. The number of aromatic nitrogens is 2. The van der Waals surface area contributed by atoms with E-state index in [1.165, 1.54) is 0 Å². The van der Waals surface area contributed by atoms with Gasteiger partial charge in [0, 0.05) is 29.0 Å². The van der Waals surface area contributed by atoms with Crippen molar-refractivity contribution in [2.75, 3.05) is 0 Å². The molecule has 1 heterocycles. The van der Waals surface area contributed by atoms with Gasteiger partial charge < -0.3 is 5.73 Å². The molecule has 1 aromatic carbocycles. The van der Waals surface area contributed by atoms with Gasteiger partial charge in [0.25, 0.3) is 0 Å². The lowest BCUT2D eigenvalue weighted by molar-refractivity contribution is 0.561. The SMILES string of the molecule is CC(C)n1ccn(Cc2ccc(C(N)=S)cc2Cl)c1=O. The first-order chi connectivity index (χ1) is 9.40. The van der Waals surface area contributed by atoms with E-state index in [1.54, 1.807) is 27.6 Å². The number of hydrogen-bond donors (Lipinski definition) is 1. The molecule has 1 aromatic heterocycles. The molecule has 0 aliphatic rings. The van der Waals surface area contributed by atoms with Crippen LogP contribution >= 0.6 is 23.8 Å². The molecule has 0 aliphatic heterocycles. The van der Waals surface area contributed by atoms with E-state index in [-0.39, 0.29) is 11.7 Å². The van der Waals surface area contributed by atoms with Crippen LogP contribution in [0.3, 0.4) is 0 Å². The van der Waals surface area contributed by atoms with Crippen molar-refractivity contribution in [2.45, 2.75) is 26.4 Å². The maximum atomic E-state index is 12.1. The Morgan fingerprint density at radius 3 is 2.60 bits per heavy atom. The molecule has 2 N–H and O–H groups in total. The van der Waals surface area contributed by atoms with Gasteiger partial charge in [-0.3, -0.25) is 9.13 Å². The first-order valence-electron chi connectivity index (χ1n) is 6.25. The van der Waals surface area contributed by atoms with Gasteiger partial charge >= 0.3 is 5.69 Å². The minimum atomic E-state index is -0.0468. The first kappa shape index (κ1) is 14.8. The highest BCUT2D eigenvalue weighted by atomic mass is 35.5. The summed E-state index contributed by atoms with van der Waals surface area (Å²) in [5, 5.41) is 0.555. The molecule has 0 atom stereocenters. The standard InChI is InChI=1S/C14H16ClN3OS/c1-9(2)18-6-5-17(14(18)19)8-11-4-3-10(13(16)20)7-12(11)15/h3-7,9H,8H2,1-2H3,(H2,16,20). The van der Waals surface area contributed by atoms with Gasteiger partial charge in [0.1, 0.15) is 4.99 Å². The van der Waals surface area contributed by atoms with Crippen molar-refractivity contribution in [3.05, 3.63) is 57.2 Å². The molecule has 0 amide bonds. The van der Waals surface area contributed by atoms with E-state index in [1.807, 2.05) is 26.0 Å². The highest BCUT2D eigenvalue weighted by Crippen LogP contribution is 2.19. The predicted octanol–water partition coefficient (Wildman–Crippen LogP) is 2.57. The van der Waals surface area contributed by atoms with E-state index in [0.29, 0.717) is 16.6 Å². The average molecular weight is 310 g/mol. The Labute approximate surface area is 127 Å². The number of rotatable bonds is 4. The van der Waals surface area contributed by atoms with Crippen LogP contribution in [0.25, 0.3) is 0 Å². The minimum absolute atomic E-state index is 0.0468. The summed E-state index contributed by atoms with van der Waals surface area (Å²) in [6.45, 7) is 4.36. The zero-order valence-electron chi connectivity index (χ0n) is 11.3. The van der Waals surface area contributed by atoms with E-state index in [0.717, 1.165) is 11.1 Å². The number of thiocarbonyl (C=S) groups is 1. The Morgan fingerprint density at radius 1 is 1.40 bits per heavy atom. The third-order valence-electron chi connectivity index (χ3n) is 3.11. The predicted molar refractivity (Wildman–Crippen MR) is 85.5 cm³/mol. The van der Waals surface area contributed by atoms with Gasteiger partial charge in [-0.05, 0) is 25.5 Å². The Hall–Kier alpha value is -1.59. The van der Waals surface area contributed by atoms with Crippen molar-refractivity contribution in [3.63, 3.8) is 0 Å². The Balaban J connectivity index is 2.31. The summed E-state index contributed by atoms with van der Waals surface area (Å²) >= 11 is 11.1. The molecule has 0 fully saturated rings. The van der Waals surface area contributed by atoms with Crippen LogP contribution in [-0.2, 0) is 6.54 Å². The summed E-state index contributed by atoms with van der Waals surface area (Å²) in [4.78, 5) is 12.5. The number of nitrogens with zero attached hydrogens (tertiary/aromatic N) is 2. The fourth-order valence-corrected chi connectivity index (χ4v) is 2.32. The van der Waals surface area contributed by atoms with Crippen molar-refractivity contribution < 1.29 is 0 Å². The first-order valence-corrected chi connectivity index (χ1v) is 7.04. The topological polar surface area (TPSA) is 52.9 Å². The summed E-state index contributed by atoms with van der Waals surface area (Å²) in [6.07, 6.45) is 3.55. The average Bonchev–Trinajstić information content (AvgIpc) is 2.73. The molecule has 106 valence electrons. The van der Waals surface area contributed by atoms with Crippen LogP contribution in [0.15, 0.2) is 35.4 Å². The fraction of sp³-hybridized carbons (Fsp3) is 0.286. The molecule has 0 spiro atoms. The lowest BCUT2D eigenvalue weighted by Crippen LogP contribution is -2.25. The highest BCUT2D eigenvalue weighted by molar-refractivity contribution is 7.80. The van der Waals surface area contributed by atoms with E-state index < -0.39 is 0 Å². The molecule has 0 radical (unpaired) electrons. The lowest BCUT2D eigenvalue weighted by atomic mass is 10.1. The molecular formula is C14H16ClN3OS. The number of halogens is 1.